The van der Waals surface area contributed by atoms with E-state index >= 15 is 0 Å². The Labute approximate surface area is 116 Å². The lowest BCUT2D eigenvalue weighted by atomic mass is 10.1. The van der Waals surface area contributed by atoms with E-state index in [0.717, 1.165) is 32.5 Å². The number of primary amides is 1. The molecular formula is C12H20N4O2S. The third kappa shape index (κ3) is 3.89. The van der Waals surface area contributed by atoms with Gasteiger partial charge in [0.25, 0.3) is 11.1 Å². The van der Waals surface area contributed by atoms with Gasteiger partial charge in [-0.15, -0.1) is 0 Å². The topological polar surface area (TPSA) is 94.5 Å². The highest BCUT2D eigenvalue weighted by Crippen LogP contribution is 2.24. The van der Waals surface area contributed by atoms with Crippen molar-refractivity contribution in [1.82, 2.24) is 9.88 Å². The van der Waals surface area contributed by atoms with Crippen LogP contribution < -0.4 is 16.2 Å². The zero-order chi connectivity index (χ0) is 13.8. The number of aryl methyl sites for hydroxylation is 1. The first-order chi connectivity index (χ1) is 9.06. The molecule has 0 bridgehead atoms. The van der Waals surface area contributed by atoms with E-state index in [0.29, 0.717) is 28.4 Å². The number of hydrogen-bond acceptors (Lipinski definition) is 6. The number of aromatic nitrogens is 1. The molecule has 0 spiro atoms. The second kappa shape index (κ2) is 6.31. The zero-order valence-electron chi connectivity index (χ0n) is 11.1. The van der Waals surface area contributed by atoms with Gasteiger partial charge >= 0.3 is 0 Å². The van der Waals surface area contributed by atoms with Crippen LogP contribution in [0, 0.1) is 6.92 Å². The third-order valence-electron chi connectivity index (χ3n) is 3.27. The second-order valence-electron chi connectivity index (χ2n) is 4.79. The summed E-state index contributed by atoms with van der Waals surface area (Å²) < 4.78 is 5.57. The Hall–Kier alpha value is -1.18. The Bertz CT molecular complexity index is 441. The summed E-state index contributed by atoms with van der Waals surface area (Å²) in [5.41, 5.74) is 11.7. The summed E-state index contributed by atoms with van der Waals surface area (Å²) in [4.78, 5) is 18.1. The first-order valence-corrected chi connectivity index (χ1v) is 7.26. The van der Waals surface area contributed by atoms with Crippen LogP contribution in [0.3, 0.4) is 0 Å². The van der Waals surface area contributed by atoms with Crippen molar-refractivity contribution < 1.29 is 9.53 Å². The van der Waals surface area contributed by atoms with Gasteiger partial charge in [-0.05, 0) is 32.9 Å². The standard InChI is InChI=1S/C12H20N4O2S/c1-8-10(11(14)17)19-12(15-8)18-7-6-16-4-2-9(13)3-5-16/h9H,2-7,13H2,1H3,(H2,14,17). The first-order valence-electron chi connectivity index (χ1n) is 6.44. The predicted octanol–water partition coefficient (Wildman–Crippen LogP) is 0.352. The summed E-state index contributed by atoms with van der Waals surface area (Å²) in [7, 11) is 0. The number of amides is 1. The number of thiazole rings is 1. The molecule has 0 aliphatic carbocycles. The van der Waals surface area contributed by atoms with Crippen molar-refractivity contribution in [3.63, 3.8) is 0 Å². The van der Waals surface area contributed by atoms with Crippen molar-refractivity contribution in [1.29, 1.82) is 0 Å². The minimum absolute atomic E-state index is 0.344. The number of piperidine rings is 1. The highest BCUT2D eigenvalue weighted by molar-refractivity contribution is 7.15. The van der Waals surface area contributed by atoms with Gasteiger partial charge in [-0.2, -0.15) is 0 Å². The highest BCUT2D eigenvalue weighted by Gasteiger charge is 2.16. The molecule has 1 amide bonds. The molecule has 7 heteroatoms. The molecule has 1 saturated heterocycles. The molecule has 19 heavy (non-hydrogen) atoms. The molecule has 0 radical (unpaired) electrons. The highest BCUT2D eigenvalue weighted by atomic mass is 32.1. The van der Waals surface area contributed by atoms with E-state index in [1.807, 2.05) is 0 Å². The number of hydrogen-bond donors (Lipinski definition) is 2. The Balaban J connectivity index is 1.76. The van der Waals surface area contributed by atoms with Crippen molar-refractivity contribution in [2.45, 2.75) is 25.8 Å². The van der Waals surface area contributed by atoms with E-state index in [9.17, 15) is 4.79 Å². The minimum Gasteiger partial charge on any atom is -0.469 e. The summed E-state index contributed by atoms with van der Waals surface area (Å²) >= 11 is 1.21. The zero-order valence-corrected chi connectivity index (χ0v) is 11.9. The van der Waals surface area contributed by atoms with E-state index in [-0.39, 0.29) is 0 Å². The number of ether oxygens (including phenoxy) is 1. The molecule has 6 nitrogen and oxygen atoms in total. The van der Waals surface area contributed by atoms with Crippen LogP contribution in [0.2, 0.25) is 0 Å². The molecule has 1 aliphatic heterocycles. The van der Waals surface area contributed by atoms with E-state index in [4.69, 9.17) is 16.2 Å². The van der Waals surface area contributed by atoms with Gasteiger partial charge in [0.15, 0.2) is 0 Å². The van der Waals surface area contributed by atoms with E-state index in [1.54, 1.807) is 6.92 Å². The quantitative estimate of drug-likeness (QED) is 0.813. The predicted molar refractivity (Wildman–Crippen MR) is 74.5 cm³/mol. The Morgan fingerprint density at radius 2 is 2.21 bits per heavy atom. The van der Waals surface area contributed by atoms with Crippen molar-refractivity contribution >= 4 is 17.2 Å². The van der Waals surface area contributed by atoms with Crippen LogP contribution >= 0.6 is 11.3 Å². The van der Waals surface area contributed by atoms with Gasteiger partial charge in [0.05, 0.1) is 5.69 Å². The Morgan fingerprint density at radius 1 is 1.53 bits per heavy atom. The normalized spacial score (nSPS) is 17.6. The molecule has 0 saturated carbocycles. The number of nitrogens with two attached hydrogens (primary N) is 2. The lowest BCUT2D eigenvalue weighted by Gasteiger charge is -2.29. The maximum absolute atomic E-state index is 11.1. The average molecular weight is 284 g/mol. The molecule has 0 atom stereocenters. The van der Waals surface area contributed by atoms with Gasteiger partial charge in [0.2, 0.25) is 0 Å². The number of likely N-dealkylation sites (tertiary alicyclic amines) is 1. The molecule has 1 aliphatic rings. The molecule has 106 valence electrons. The van der Waals surface area contributed by atoms with Crippen LogP contribution in [0.4, 0.5) is 0 Å². The lowest BCUT2D eigenvalue weighted by Crippen LogP contribution is -2.41. The van der Waals surface area contributed by atoms with Crippen molar-refractivity contribution in [3.8, 4) is 5.19 Å². The maximum Gasteiger partial charge on any atom is 0.274 e. The molecule has 0 aromatic carbocycles. The monoisotopic (exact) mass is 284 g/mol. The van der Waals surface area contributed by atoms with Gasteiger partial charge < -0.3 is 16.2 Å². The van der Waals surface area contributed by atoms with Crippen molar-refractivity contribution in [2.24, 2.45) is 11.5 Å². The van der Waals surface area contributed by atoms with Crippen LogP contribution in [-0.4, -0.2) is 48.1 Å². The minimum atomic E-state index is -0.449. The van der Waals surface area contributed by atoms with Crippen LogP contribution in [0.1, 0.15) is 28.2 Å². The molecule has 2 rings (SSSR count). The van der Waals surface area contributed by atoms with Gasteiger partial charge in [-0.25, -0.2) is 4.98 Å². The molecule has 1 fully saturated rings. The fourth-order valence-electron chi connectivity index (χ4n) is 2.10. The maximum atomic E-state index is 11.1. The summed E-state index contributed by atoms with van der Waals surface area (Å²) in [6.45, 7) is 5.23. The van der Waals surface area contributed by atoms with E-state index in [1.165, 1.54) is 11.3 Å². The summed E-state index contributed by atoms with van der Waals surface area (Å²) in [6, 6.07) is 0.344. The third-order valence-corrected chi connectivity index (χ3v) is 4.35. The van der Waals surface area contributed by atoms with Crippen molar-refractivity contribution in [3.05, 3.63) is 10.6 Å². The summed E-state index contributed by atoms with van der Waals surface area (Å²) in [5, 5.41) is 0.514. The summed E-state index contributed by atoms with van der Waals surface area (Å²) in [5.74, 6) is -0.449. The average Bonchev–Trinajstić information content (AvgIpc) is 2.73. The Kier molecular flexibility index (Phi) is 4.73. The summed E-state index contributed by atoms with van der Waals surface area (Å²) in [6.07, 6.45) is 2.09. The molecule has 1 aromatic heterocycles. The van der Waals surface area contributed by atoms with Crippen LogP contribution in [0.15, 0.2) is 0 Å². The van der Waals surface area contributed by atoms with Gasteiger partial charge in [0, 0.05) is 12.6 Å². The fourth-order valence-corrected chi connectivity index (χ4v) is 2.89. The van der Waals surface area contributed by atoms with E-state index in [2.05, 4.69) is 9.88 Å². The van der Waals surface area contributed by atoms with Crippen LogP contribution in [0.5, 0.6) is 5.19 Å². The molecule has 2 heterocycles. The van der Waals surface area contributed by atoms with Crippen molar-refractivity contribution in [2.75, 3.05) is 26.2 Å². The second-order valence-corrected chi connectivity index (χ2v) is 5.75. The SMILES string of the molecule is Cc1nc(OCCN2CCC(N)CC2)sc1C(N)=O. The van der Waals surface area contributed by atoms with Gasteiger partial charge in [-0.1, -0.05) is 11.3 Å². The molecular weight excluding hydrogens is 264 g/mol. The van der Waals surface area contributed by atoms with E-state index < -0.39 is 5.91 Å². The van der Waals surface area contributed by atoms with Gasteiger partial charge in [0.1, 0.15) is 11.5 Å². The number of carbonyl (C=O) groups is 1. The van der Waals surface area contributed by atoms with Gasteiger partial charge in [-0.3, -0.25) is 9.69 Å². The largest absolute Gasteiger partial charge is 0.469 e. The number of carbonyl (C=O) groups excluding carboxylic acids is 1. The van der Waals surface area contributed by atoms with Crippen LogP contribution in [-0.2, 0) is 0 Å². The van der Waals surface area contributed by atoms with Crippen LogP contribution in [0.25, 0.3) is 0 Å². The fraction of sp³-hybridized carbons (Fsp3) is 0.667. The molecule has 1 aromatic rings. The lowest BCUT2D eigenvalue weighted by molar-refractivity contribution is 0.100. The first kappa shape index (κ1) is 14.2. The smallest absolute Gasteiger partial charge is 0.274 e. The Morgan fingerprint density at radius 3 is 2.79 bits per heavy atom. The molecule has 4 N–H and O–H groups in total. The number of nitrogens with zero attached hydrogens (tertiary/aromatic N) is 2. The number of rotatable bonds is 5. The molecule has 0 unspecified atom stereocenters.